The van der Waals surface area contributed by atoms with Gasteiger partial charge in [0, 0.05) is 29.6 Å². The number of β-amino-alcohol motifs (C(OH)–C–C–N with tert-alkyl or cyclic N) is 1. The summed E-state index contributed by atoms with van der Waals surface area (Å²) in [6.07, 6.45) is -0.348. The van der Waals surface area contributed by atoms with Crippen LogP contribution in [0.5, 0.6) is 0 Å². The number of hydrogen-bond donors (Lipinski definition) is 2. The van der Waals surface area contributed by atoms with Crippen LogP contribution >= 0.6 is 15.9 Å². The molecule has 1 rings (SSSR count). The van der Waals surface area contributed by atoms with E-state index in [1.165, 1.54) is 5.56 Å². The smallest absolute Gasteiger partial charge is 0.0791 e. The fourth-order valence-corrected chi connectivity index (χ4v) is 2.08. The number of hydrogen-bond acceptors (Lipinski definition) is 3. The summed E-state index contributed by atoms with van der Waals surface area (Å²) < 4.78 is 1.09. The van der Waals surface area contributed by atoms with Gasteiger partial charge in [0.15, 0.2) is 0 Å². The lowest BCUT2D eigenvalue weighted by molar-refractivity contribution is 0.114. The van der Waals surface area contributed by atoms with Crippen LogP contribution in [-0.4, -0.2) is 41.8 Å². The molecule has 0 aromatic heterocycles. The topological polar surface area (TPSA) is 35.5 Å². The number of likely N-dealkylation sites (N-methyl/N-ethyl adjacent to an activating group) is 1. The maximum atomic E-state index is 9.99. The fourth-order valence-electron chi connectivity index (χ4n) is 1.81. The Labute approximate surface area is 125 Å². The predicted molar refractivity (Wildman–Crippen MR) is 84.2 cm³/mol. The molecular weight excluding hydrogens is 304 g/mol. The van der Waals surface area contributed by atoms with Crippen molar-refractivity contribution in [1.82, 2.24) is 10.2 Å². The largest absolute Gasteiger partial charge is 0.390 e. The number of aliphatic hydroxyl groups is 1. The van der Waals surface area contributed by atoms with Crippen molar-refractivity contribution in [3.63, 3.8) is 0 Å². The molecule has 108 valence electrons. The third kappa shape index (κ3) is 7.67. The fraction of sp³-hybridized carbons (Fsp3) is 0.600. The number of nitrogens with one attached hydrogen (secondary N) is 1. The van der Waals surface area contributed by atoms with Crippen LogP contribution in [0.2, 0.25) is 0 Å². The molecule has 3 nitrogen and oxygen atoms in total. The van der Waals surface area contributed by atoms with Gasteiger partial charge in [-0.2, -0.15) is 0 Å². The molecule has 0 radical (unpaired) electrons. The van der Waals surface area contributed by atoms with E-state index in [-0.39, 0.29) is 11.6 Å². The molecule has 0 heterocycles. The van der Waals surface area contributed by atoms with Gasteiger partial charge in [-0.25, -0.2) is 0 Å². The number of aliphatic hydroxyl groups excluding tert-OH is 1. The lowest BCUT2D eigenvalue weighted by Crippen LogP contribution is -2.44. The second-order valence-corrected chi connectivity index (χ2v) is 7.02. The first-order valence-electron chi connectivity index (χ1n) is 6.62. The first-order valence-corrected chi connectivity index (χ1v) is 7.41. The molecule has 0 spiro atoms. The molecule has 0 saturated carbocycles. The molecule has 4 heteroatoms. The summed E-state index contributed by atoms with van der Waals surface area (Å²) in [6, 6.07) is 8.28. The second-order valence-electron chi connectivity index (χ2n) is 6.11. The maximum Gasteiger partial charge on any atom is 0.0791 e. The molecule has 1 atom stereocenters. The lowest BCUT2D eigenvalue weighted by atomic mass is 10.1. The van der Waals surface area contributed by atoms with Crippen molar-refractivity contribution in [1.29, 1.82) is 0 Å². The van der Waals surface area contributed by atoms with Gasteiger partial charge in [-0.05, 0) is 45.5 Å². The summed E-state index contributed by atoms with van der Waals surface area (Å²) in [7, 11) is 2.03. The maximum absolute atomic E-state index is 9.99. The van der Waals surface area contributed by atoms with Crippen molar-refractivity contribution < 1.29 is 5.11 Å². The Bertz CT molecular complexity index is 373. The van der Waals surface area contributed by atoms with Gasteiger partial charge in [0.05, 0.1) is 6.10 Å². The van der Waals surface area contributed by atoms with Crippen molar-refractivity contribution in [2.75, 3.05) is 20.1 Å². The highest BCUT2D eigenvalue weighted by atomic mass is 79.9. The molecule has 0 amide bonds. The van der Waals surface area contributed by atoms with Crippen LogP contribution in [0.4, 0.5) is 0 Å². The van der Waals surface area contributed by atoms with E-state index in [1.807, 2.05) is 19.2 Å². The standard InChI is InChI=1S/C15H25BrN2O/c1-15(2,3)17-9-14(19)11-18(4)10-12-5-7-13(16)8-6-12/h5-8,14,17,19H,9-11H2,1-4H3. The third-order valence-corrected chi connectivity index (χ3v) is 3.28. The molecule has 2 N–H and O–H groups in total. The molecular formula is C15H25BrN2O. The zero-order valence-corrected chi connectivity index (χ0v) is 13.9. The SMILES string of the molecule is CN(Cc1ccc(Br)cc1)CC(O)CNC(C)(C)C. The van der Waals surface area contributed by atoms with Crippen molar-refractivity contribution >= 4 is 15.9 Å². The molecule has 1 unspecified atom stereocenters. The van der Waals surface area contributed by atoms with E-state index < -0.39 is 0 Å². The van der Waals surface area contributed by atoms with Gasteiger partial charge in [0.25, 0.3) is 0 Å². The second kappa shape index (κ2) is 7.39. The van der Waals surface area contributed by atoms with E-state index in [2.05, 4.69) is 59.1 Å². The van der Waals surface area contributed by atoms with Crippen molar-refractivity contribution in [2.24, 2.45) is 0 Å². The molecule has 0 aliphatic heterocycles. The van der Waals surface area contributed by atoms with Crippen molar-refractivity contribution in [3.05, 3.63) is 34.3 Å². The van der Waals surface area contributed by atoms with E-state index in [0.717, 1.165) is 11.0 Å². The average Bonchev–Trinajstić information content (AvgIpc) is 2.29. The first kappa shape index (κ1) is 16.6. The number of benzene rings is 1. The quantitative estimate of drug-likeness (QED) is 0.842. The number of rotatable bonds is 6. The monoisotopic (exact) mass is 328 g/mol. The minimum Gasteiger partial charge on any atom is -0.390 e. The summed E-state index contributed by atoms with van der Waals surface area (Å²) in [5, 5.41) is 13.3. The molecule has 1 aromatic carbocycles. The van der Waals surface area contributed by atoms with E-state index >= 15 is 0 Å². The predicted octanol–water partition coefficient (Wildman–Crippen LogP) is 2.63. The van der Waals surface area contributed by atoms with Crippen molar-refractivity contribution in [2.45, 2.75) is 39.0 Å². The normalized spacial score (nSPS) is 13.8. The molecule has 0 aliphatic rings. The Balaban J connectivity index is 2.34. The molecule has 0 aliphatic carbocycles. The highest BCUT2D eigenvalue weighted by Gasteiger charge is 2.13. The van der Waals surface area contributed by atoms with E-state index in [4.69, 9.17) is 0 Å². The molecule has 19 heavy (non-hydrogen) atoms. The van der Waals surface area contributed by atoms with Crippen LogP contribution in [0, 0.1) is 0 Å². The zero-order chi connectivity index (χ0) is 14.5. The first-order chi connectivity index (χ1) is 8.76. The highest BCUT2D eigenvalue weighted by Crippen LogP contribution is 2.11. The summed E-state index contributed by atoms with van der Waals surface area (Å²) in [4.78, 5) is 2.14. The number of halogens is 1. The van der Waals surface area contributed by atoms with Crippen LogP contribution in [0.1, 0.15) is 26.3 Å². The van der Waals surface area contributed by atoms with Crippen LogP contribution in [0.15, 0.2) is 28.7 Å². The van der Waals surface area contributed by atoms with E-state index in [0.29, 0.717) is 13.1 Å². The van der Waals surface area contributed by atoms with Gasteiger partial charge >= 0.3 is 0 Å². The Hall–Kier alpha value is -0.420. The zero-order valence-electron chi connectivity index (χ0n) is 12.3. The van der Waals surface area contributed by atoms with Gasteiger partial charge in [-0.3, -0.25) is 4.90 Å². The Kier molecular flexibility index (Phi) is 6.47. The molecule has 1 aromatic rings. The summed E-state index contributed by atoms with van der Waals surface area (Å²) >= 11 is 3.43. The third-order valence-electron chi connectivity index (χ3n) is 2.76. The van der Waals surface area contributed by atoms with E-state index in [1.54, 1.807) is 0 Å². The Morgan fingerprint density at radius 1 is 1.26 bits per heavy atom. The lowest BCUT2D eigenvalue weighted by Gasteiger charge is -2.25. The van der Waals surface area contributed by atoms with Gasteiger partial charge in [0.1, 0.15) is 0 Å². The average molecular weight is 329 g/mol. The Morgan fingerprint density at radius 3 is 2.37 bits per heavy atom. The summed E-state index contributed by atoms with van der Waals surface area (Å²) in [6.45, 7) is 8.44. The molecule has 0 fully saturated rings. The summed E-state index contributed by atoms with van der Waals surface area (Å²) in [5.74, 6) is 0. The number of nitrogens with zero attached hydrogens (tertiary/aromatic N) is 1. The highest BCUT2D eigenvalue weighted by molar-refractivity contribution is 9.10. The van der Waals surface area contributed by atoms with Crippen LogP contribution in [0.25, 0.3) is 0 Å². The molecule has 0 bridgehead atoms. The minimum absolute atomic E-state index is 0.0469. The van der Waals surface area contributed by atoms with Gasteiger partial charge in [-0.15, -0.1) is 0 Å². The van der Waals surface area contributed by atoms with Crippen molar-refractivity contribution in [3.8, 4) is 0 Å². The van der Waals surface area contributed by atoms with Crippen LogP contribution in [0.3, 0.4) is 0 Å². The van der Waals surface area contributed by atoms with Gasteiger partial charge in [-0.1, -0.05) is 28.1 Å². The van der Waals surface area contributed by atoms with Crippen LogP contribution in [-0.2, 0) is 6.54 Å². The molecule has 0 saturated heterocycles. The summed E-state index contributed by atoms with van der Waals surface area (Å²) in [5.41, 5.74) is 1.30. The van der Waals surface area contributed by atoms with E-state index in [9.17, 15) is 5.11 Å². The van der Waals surface area contributed by atoms with Gasteiger partial charge in [0.2, 0.25) is 0 Å². The van der Waals surface area contributed by atoms with Gasteiger partial charge < -0.3 is 10.4 Å². The van der Waals surface area contributed by atoms with Crippen LogP contribution < -0.4 is 5.32 Å². The minimum atomic E-state index is -0.348. The Morgan fingerprint density at radius 2 is 1.84 bits per heavy atom.